The van der Waals surface area contributed by atoms with Crippen molar-refractivity contribution in [2.45, 2.75) is 6.18 Å². The van der Waals surface area contributed by atoms with E-state index in [0.29, 0.717) is 13.1 Å². The number of carbonyl (C=O) groups is 2. The van der Waals surface area contributed by atoms with E-state index in [1.54, 1.807) is 5.43 Å². The van der Waals surface area contributed by atoms with E-state index >= 15 is 0 Å². The Bertz CT molecular complexity index is 249. The fourth-order valence-electron chi connectivity index (χ4n) is 0.765. The molecule has 8 heteroatoms. The molecule has 2 amide bonds. The van der Waals surface area contributed by atoms with E-state index in [-0.39, 0.29) is 5.92 Å². The molecule has 1 rings (SSSR count). The summed E-state index contributed by atoms with van der Waals surface area (Å²) in [5.74, 6) is -3.18. The van der Waals surface area contributed by atoms with Crippen molar-refractivity contribution in [1.29, 1.82) is 0 Å². The maximum Gasteiger partial charge on any atom is 0.472 e. The molecule has 0 bridgehead atoms. The zero-order valence-corrected chi connectivity index (χ0v) is 6.94. The van der Waals surface area contributed by atoms with Crippen LogP contribution in [-0.4, -0.2) is 31.1 Å². The van der Waals surface area contributed by atoms with Gasteiger partial charge >= 0.3 is 12.1 Å². The number of hydrogen-bond donors (Lipinski definition) is 3. The third kappa shape index (κ3) is 2.59. The van der Waals surface area contributed by atoms with Crippen molar-refractivity contribution in [3.8, 4) is 0 Å². The Labute approximate surface area is 77.0 Å². The summed E-state index contributed by atoms with van der Waals surface area (Å²) in [5, 5.41) is 2.76. The lowest BCUT2D eigenvalue weighted by molar-refractivity contribution is -0.175. The Balaban J connectivity index is 2.26. The van der Waals surface area contributed by atoms with Gasteiger partial charge in [0.25, 0.3) is 0 Å². The van der Waals surface area contributed by atoms with Crippen molar-refractivity contribution in [2.75, 3.05) is 13.1 Å². The summed E-state index contributed by atoms with van der Waals surface area (Å²) in [6.07, 6.45) is -4.98. The van der Waals surface area contributed by atoms with Crippen LogP contribution in [0, 0.1) is 5.92 Å². The number of carbonyl (C=O) groups excluding carboxylic acids is 2. The fourth-order valence-corrected chi connectivity index (χ4v) is 0.765. The Kier molecular flexibility index (Phi) is 2.94. The average molecular weight is 211 g/mol. The zero-order chi connectivity index (χ0) is 10.8. The van der Waals surface area contributed by atoms with Gasteiger partial charge < -0.3 is 5.32 Å². The molecule has 1 saturated heterocycles. The van der Waals surface area contributed by atoms with E-state index in [9.17, 15) is 22.8 Å². The second-order valence-electron chi connectivity index (χ2n) is 2.80. The van der Waals surface area contributed by atoms with Crippen LogP contribution in [0.4, 0.5) is 13.2 Å². The molecule has 14 heavy (non-hydrogen) atoms. The lowest BCUT2D eigenvalue weighted by atomic mass is 10.0. The monoisotopic (exact) mass is 211 g/mol. The highest BCUT2D eigenvalue weighted by Gasteiger charge is 2.39. The molecule has 5 nitrogen and oxygen atoms in total. The van der Waals surface area contributed by atoms with Crippen molar-refractivity contribution >= 4 is 11.8 Å². The van der Waals surface area contributed by atoms with Crippen LogP contribution < -0.4 is 16.2 Å². The highest BCUT2D eigenvalue weighted by atomic mass is 19.4. The second-order valence-corrected chi connectivity index (χ2v) is 2.80. The summed E-state index contributed by atoms with van der Waals surface area (Å²) >= 11 is 0. The van der Waals surface area contributed by atoms with E-state index < -0.39 is 18.0 Å². The molecule has 0 aromatic carbocycles. The molecule has 0 atom stereocenters. The van der Waals surface area contributed by atoms with Crippen LogP contribution in [-0.2, 0) is 9.59 Å². The average Bonchev–Trinajstić information content (AvgIpc) is 1.94. The summed E-state index contributed by atoms with van der Waals surface area (Å²) in [4.78, 5) is 21.2. The van der Waals surface area contributed by atoms with Crippen molar-refractivity contribution in [3.05, 3.63) is 0 Å². The van der Waals surface area contributed by atoms with Crippen molar-refractivity contribution in [2.24, 2.45) is 5.92 Å². The number of nitrogens with one attached hydrogen (secondary N) is 3. The maximum atomic E-state index is 11.6. The number of amides is 2. The smallest absolute Gasteiger partial charge is 0.315 e. The molecule has 1 fully saturated rings. The van der Waals surface area contributed by atoms with Gasteiger partial charge in [0.2, 0.25) is 5.91 Å². The fraction of sp³-hybridized carbons (Fsp3) is 0.667. The minimum absolute atomic E-state index is 0.372. The number of halogens is 3. The maximum absolute atomic E-state index is 11.6. The van der Waals surface area contributed by atoms with Crippen LogP contribution in [0.15, 0.2) is 0 Å². The Morgan fingerprint density at radius 1 is 1.21 bits per heavy atom. The van der Waals surface area contributed by atoms with Gasteiger partial charge in [-0.3, -0.25) is 20.4 Å². The van der Waals surface area contributed by atoms with Crippen molar-refractivity contribution in [3.63, 3.8) is 0 Å². The SMILES string of the molecule is O=C(NNC(=O)C(F)(F)F)C1CNC1. The zero-order valence-electron chi connectivity index (χ0n) is 6.94. The Morgan fingerprint density at radius 2 is 1.79 bits per heavy atom. The van der Waals surface area contributed by atoms with Crippen LogP contribution >= 0.6 is 0 Å². The summed E-state index contributed by atoms with van der Waals surface area (Å²) in [6, 6.07) is 0. The van der Waals surface area contributed by atoms with Gasteiger partial charge in [-0.05, 0) is 0 Å². The van der Waals surface area contributed by atoms with Crippen LogP contribution in [0.3, 0.4) is 0 Å². The number of hydrogen-bond acceptors (Lipinski definition) is 3. The topological polar surface area (TPSA) is 70.2 Å². The van der Waals surface area contributed by atoms with Gasteiger partial charge in [0.15, 0.2) is 0 Å². The standard InChI is InChI=1S/C6H8F3N3O2/c7-6(8,9)5(14)12-11-4(13)3-1-10-2-3/h3,10H,1-2H2,(H,11,13)(H,12,14). The molecule has 0 radical (unpaired) electrons. The van der Waals surface area contributed by atoms with Crippen LogP contribution in [0.1, 0.15) is 0 Å². The summed E-state index contributed by atoms with van der Waals surface area (Å²) < 4.78 is 34.9. The first kappa shape index (κ1) is 10.8. The quantitative estimate of drug-likeness (QED) is 0.483. The number of alkyl halides is 3. The molecule has 0 saturated carbocycles. The van der Waals surface area contributed by atoms with Gasteiger partial charge in [0.1, 0.15) is 0 Å². The van der Waals surface area contributed by atoms with Crippen LogP contribution in [0.5, 0.6) is 0 Å². The first-order valence-corrected chi connectivity index (χ1v) is 3.79. The van der Waals surface area contributed by atoms with E-state index in [4.69, 9.17) is 0 Å². The van der Waals surface area contributed by atoms with Gasteiger partial charge in [-0.1, -0.05) is 0 Å². The molecule has 0 aliphatic carbocycles. The van der Waals surface area contributed by atoms with Gasteiger partial charge in [-0.25, -0.2) is 0 Å². The predicted octanol–water partition coefficient (Wildman–Crippen LogP) is -1.08. The first-order valence-electron chi connectivity index (χ1n) is 3.79. The largest absolute Gasteiger partial charge is 0.472 e. The highest BCUT2D eigenvalue weighted by molar-refractivity contribution is 5.86. The summed E-state index contributed by atoms with van der Waals surface area (Å²) in [6.45, 7) is 0.821. The molecule has 0 aromatic rings. The highest BCUT2D eigenvalue weighted by Crippen LogP contribution is 2.13. The molecule has 1 aliphatic heterocycles. The Hall–Kier alpha value is -1.31. The van der Waals surface area contributed by atoms with Gasteiger partial charge in [-0.2, -0.15) is 13.2 Å². The lowest BCUT2D eigenvalue weighted by Crippen LogP contribution is -2.56. The molecular weight excluding hydrogens is 203 g/mol. The molecule has 0 unspecified atom stereocenters. The van der Waals surface area contributed by atoms with E-state index in [1.165, 1.54) is 5.43 Å². The Morgan fingerprint density at radius 3 is 2.14 bits per heavy atom. The van der Waals surface area contributed by atoms with Gasteiger partial charge in [0, 0.05) is 13.1 Å². The minimum Gasteiger partial charge on any atom is -0.315 e. The lowest BCUT2D eigenvalue weighted by Gasteiger charge is -2.25. The van der Waals surface area contributed by atoms with Crippen LogP contribution in [0.25, 0.3) is 0 Å². The van der Waals surface area contributed by atoms with E-state index in [2.05, 4.69) is 5.32 Å². The van der Waals surface area contributed by atoms with Crippen LogP contribution in [0.2, 0.25) is 0 Å². The predicted molar refractivity (Wildman–Crippen MR) is 38.7 cm³/mol. The van der Waals surface area contributed by atoms with Gasteiger partial charge in [0.05, 0.1) is 5.92 Å². The summed E-state index contributed by atoms with van der Waals surface area (Å²) in [5.41, 5.74) is 2.97. The van der Waals surface area contributed by atoms with E-state index in [1.807, 2.05) is 0 Å². The first-order chi connectivity index (χ1) is 6.41. The molecule has 0 aromatic heterocycles. The molecule has 3 N–H and O–H groups in total. The third-order valence-electron chi connectivity index (χ3n) is 1.71. The molecule has 1 heterocycles. The number of hydrazine groups is 1. The molecule has 80 valence electrons. The molecular formula is C6H8F3N3O2. The third-order valence-corrected chi connectivity index (χ3v) is 1.71. The van der Waals surface area contributed by atoms with Crippen molar-refractivity contribution in [1.82, 2.24) is 16.2 Å². The minimum atomic E-state index is -4.98. The van der Waals surface area contributed by atoms with Gasteiger partial charge in [-0.15, -0.1) is 0 Å². The van der Waals surface area contributed by atoms with E-state index in [0.717, 1.165) is 0 Å². The molecule has 0 spiro atoms. The molecule has 1 aliphatic rings. The normalized spacial score (nSPS) is 17.1. The summed E-state index contributed by atoms with van der Waals surface area (Å²) in [7, 11) is 0. The van der Waals surface area contributed by atoms with Crippen molar-refractivity contribution < 1.29 is 22.8 Å². The second kappa shape index (κ2) is 3.82. The number of rotatable bonds is 1.